The van der Waals surface area contributed by atoms with Crippen LogP contribution in [0.25, 0.3) is 0 Å². The molecule has 1 aromatic carbocycles. The molecule has 0 aliphatic rings. The van der Waals surface area contributed by atoms with Crippen LogP contribution in [0.15, 0.2) is 36.9 Å². The van der Waals surface area contributed by atoms with Crippen LogP contribution in [0.4, 0.5) is 5.69 Å². The minimum absolute atomic E-state index is 0.0372. The lowest BCUT2D eigenvalue weighted by molar-refractivity contribution is 0.291. The number of hydrogen-bond donors (Lipinski definition) is 2. The summed E-state index contributed by atoms with van der Waals surface area (Å²) < 4.78 is 5.03. The van der Waals surface area contributed by atoms with E-state index in [1.54, 1.807) is 13.2 Å². The van der Waals surface area contributed by atoms with Gasteiger partial charge in [-0.05, 0) is 24.3 Å². The van der Waals surface area contributed by atoms with E-state index < -0.39 is 0 Å². The highest BCUT2D eigenvalue weighted by Gasteiger charge is 2.01. The molecule has 14 heavy (non-hydrogen) atoms. The van der Waals surface area contributed by atoms with Gasteiger partial charge in [-0.15, -0.1) is 6.58 Å². The molecule has 0 aliphatic heterocycles. The molecule has 1 aromatic rings. The lowest BCUT2D eigenvalue weighted by Crippen LogP contribution is -2.20. The van der Waals surface area contributed by atoms with Gasteiger partial charge in [-0.3, -0.25) is 0 Å². The third-order valence-corrected chi connectivity index (χ3v) is 1.92. The first-order valence-corrected chi connectivity index (χ1v) is 4.44. The number of ether oxygens (including phenoxy) is 1. The average molecular weight is 193 g/mol. The Hall–Kier alpha value is -1.48. The van der Waals surface area contributed by atoms with E-state index in [1.165, 1.54) is 0 Å². The maximum atomic E-state index is 8.93. The summed E-state index contributed by atoms with van der Waals surface area (Å²) in [5, 5.41) is 12.0. The molecule has 0 saturated heterocycles. The van der Waals surface area contributed by atoms with Crippen molar-refractivity contribution in [1.29, 1.82) is 0 Å². The van der Waals surface area contributed by atoms with E-state index in [-0.39, 0.29) is 12.6 Å². The Balaban J connectivity index is 2.63. The Morgan fingerprint density at radius 1 is 1.50 bits per heavy atom. The first-order valence-electron chi connectivity index (χ1n) is 4.44. The summed E-state index contributed by atoms with van der Waals surface area (Å²) in [5.74, 6) is 0.815. The average Bonchev–Trinajstić information content (AvgIpc) is 2.26. The minimum Gasteiger partial charge on any atom is -0.497 e. The number of rotatable bonds is 5. The molecule has 0 amide bonds. The molecule has 0 fully saturated rings. The highest BCUT2D eigenvalue weighted by atomic mass is 16.5. The monoisotopic (exact) mass is 193 g/mol. The van der Waals surface area contributed by atoms with Crippen LogP contribution in [0, 0.1) is 0 Å². The van der Waals surface area contributed by atoms with Gasteiger partial charge < -0.3 is 15.2 Å². The Labute approximate surface area is 84.0 Å². The highest BCUT2D eigenvalue weighted by Crippen LogP contribution is 2.15. The SMILES string of the molecule is C=CC(CO)Nc1ccc(OC)cc1. The van der Waals surface area contributed by atoms with Crippen LogP contribution in [-0.4, -0.2) is 24.9 Å². The number of benzene rings is 1. The quantitative estimate of drug-likeness (QED) is 0.699. The van der Waals surface area contributed by atoms with Crippen molar-refractivity contribution in [2.24, 2.45) is 0 Å². The summed E-state index contributed by atoms with van der Waals surface area (Å²) in [6.07, 6.45) is 1.67. The standard InChI is InChI=1S/C11H15NO2/c1-3-9(8-13)12-10-4-6-11(14-2)7-5-10/h3-7,9,12-13H,1,8H2,2H3. The van der Waals surface area contributed by atoms with Crippen LogP contribution in [0.1, 0.15) is 0 Å². The maximum Gasteiger partial charge on any atom is 0.119 e. The molecule has 0 bridgehead atoms. The number of aliphatic hydroxyl groups excluding tert-OH is 1. The van der Waals surface area contributed by atoms with Crippen molar-refractivity contribution in [3.63, 3.8) is 0 Å². The number of methoxy groups -OCH3 is 1. The summed E-state index contributed by atoms with van der Waals surface area (Å²) in [6.45, 7) is 3.65. The predicted octanol–water partition coefficient (Wildman–Crippen LogP) is 1.65. The zero-order chi connectivity index (χ0) is 10.4. The molecule has 0 aliphatic carbocycles. The van der Waals surface area contributed by atoms with Crippen LogP contribution in [-0.2, 0) is 0 Å². The lowest BCUT2D eigenvalue weighted by Gasteiger charge is -2.13. The first kappa shape index (κ1) is 10.6. The van der Waals surface area contributed by atoms with Crippen molar-refractivity contribution in [2.75, 3.05) is 19.0 Å². The number of aliphatic hydroxyl groups is 1. The highest BCUT2D eigenvalue weighted by molar-refractivity contribution is 5.47. The molecule has 76 valence electrons. The normalized spacial score (nSPS) is 11.9. The van der Waals surface area contributed by atoms with Crippen molar-refractivity contribution in [2.45, 2.75) is 6.04 Å². The summed E-state index contributed by atoms with van der Waals surface area (Å²) in [5.41, 5.74) is 0.935. The molecule has 0 spiro atoms. The summed E-state index contributed by atoms with van der Waals surface area (Å²) in [6, 6.07) is 7.40. The van der Waals surface area contributed by atoms with Crippen molar-refractivity contribution < 1.29 is 9.84 Å². The molecule has 0 radical (unpaired) electrons. The molecule has 0 heterocycles. The molecule has 3 heteroatoms. The van der Waals surface area contributed by atoms with E-state index >= 15 is 0 Å². The number of hydrogen-bond acceptors (Lipinski definition) is 3. The van der Waals surface area contributed by atoms with Crippen LogP contribution < -0.4 is 10.1 Å². The van der Waals surface area contributed by atoms with Gasteiger partial charge in [-0.25, -0.2) is 0 Å². The van der Waals surface area contributed by atoms with Gasteiger partial charge in [0, 0.05) is 5.69 Å². The summed E-state index contributed by atoms with van der Waals surface area (Å²) in [7, 11) is 1.63. The predicted molar refractivity (Wildman–Crippen MR) is 57.7 cm³/mol. The van der Waals surface area contributed by atoms with Crippen LogP contribution >= 0.6 is 0 Å². The second-order valence-corrected chi connectivity index (χ2v) is 2.90. The van der Waals surface area contributed by atoms with E-state index in [0.29, 0.717) is 0 Å². The summed E-state index contributed by atoms with van der Waals surface area (Å²) >= 11 is 0. The van der Waals surface area contributed by atoms with E-state index in [2.05, 4.69) is 11.9 Å². The van der Waals surface area contributed by atoms with Crippen LogP contribution in [0.2, 0.25) is 0 Å². The van der Waals surface area contributed by atoms with Gasteiger partial charge in [-0.2, -0.15) is 0 Å². The molecular weight excluding hydrogens is 178 g/mol. The molecule has 1 atom stereocenters. The Morgan fingerprint density at radius 2 is 2.14 bits per heavy atom. The fourth-order valence-corrected chi connectivity index (χ4v) is 1.08. The Kier molecular flexibility index (Phi) is 4.01. The van der Waals surface area contributed by atoms with Gasteiger partial charge >= 0.3 is 0 Å². The smallest absolute Gasteiger partial charge is 0.119 e. The molecular formula is C11H15NO2. The van der Waals surface area contributed by atoms with E-state index in [9.17, 15) is 0 Å². The maximum absolute atomic E-state index is 8.93. The zero-order valence-electron chi connectivity index (χ0n) is 8.23. The third kappa shape index (κ3) is 2.78. The lowest BCUT2D eigenvalue weighted by atomic mass is 10.2. The van der Waals surface area contributed by atoms with Gasteiger partial charge in [0.2, 0.25) is 0 Å². The van der Waals surface area contributed by atoms with Gasteiger partial charge in [0.1, 0.15) is 5.75 Å². The van der Waals surface area contributed by atoms with Crippen LogP contribution in [0.3, 0.4) is 0 Å². The fourth-order valence-electron chi connectivity index (χ4n) is 1.08. The van der Waals surface area contributed by atoms with Crippen molar-refractivity contribution in [3.8, 4) is 5.75 Å². The second-order valence-electron chi connectivity index (χ2n) is 2.90. The van der Waals surface area contributed by atoms with E-state index in [1.807, 2.05) is 24.3 Å². The van der Waals surface area contributed by atoms with E-state index in [4.69, 9.17) is 9.84 Å². The molecule has 1 unspecified atom stereocenters. The fraction of sp³-hybridized carbons (Fsp3) is 0.273. The van der Waals surface area contributed by atoms with Crippen molar-refractivity contribution in [1.82, 2.24) is 0 Å². The first-order chi connectivity index (χ1) is 6.80. The van der Waals surface area contributed by atoms with Gasteiger partial charge in [0.25, 0.3) is 0 Å². The molecule has 0 aromatic heterocycles. The largest absolute Gasteiger partial charge is 0.497 e. The second kappa shape index (κ2) is 5.29. The van der Waals surface area contributed by atoms with Gasteiger partial charge in [0.05, 0.1) is 19.8 Å². The topological polar surface area (TPSA) is 41.5 Å². The molecule has 2 N–H and O–H groups in total. The van der Waals surface area contributed by atoms with E-state index in [0.717, 1.165) is 11.4 Å². The van der Waals surface area contributed by atoms with Crippen LogP contribution in [0.5, 0.6) is 5.75 Å². The zero-order valence-corrected chi connectivity index (χ0v) is 8.23. The molecule has 0 saturated carbocycles. The molecule has 3 nitrogen and oxygen atoms in total. The van der Waals surface area contributed by atoms with Crippen molar-refractivity contribution >= 4 is 5.69 Å². The molecule has 1 rings (SSSR count). The minimum atomic E-state index is -0.108. The summed E-state index contributed by atoms with van der Waals surface area (Å²) in [4.78, 5) is 0. The Morgan fingerprint density at radius 3 is 2.57 bits per heavy atom. The Bertz CT molecular complexity index is 282. The number of anilines is 1. The third-order valence-electron chi connectivity index (χ3n) is 1.92. The van der Waals surface area contributed by atoms with Crippen molar-refractivity contribution in [3.05, 3.63) is 36.9 Å². The van der Waals surface area contributed by atoms with Gasteiger partial charge in [-0.1, -0.05) is 6.08 Å². The number of nitrogens with one attached hydrogen (secondary N) is 1. The van der Waals surface area contributed by atoms with Gasteiger partial charge in [0.15, 0.2) is 0 Å².